The van der Waals surface area contributed by atoms with E-state index in [9.17, 15) is 0 Å². The topological polar surface area (TPSA) is 44.9 Å². The van der Waals surface area contributed by atoms with Crippen LogP contribution < -0.4 is 5.32 Å². The molecule has 1 atom stereocenters. The number of piperidine rings is 1. The Bertz CT molecular complexity index is 618. The van der Waals surface area contributed by atoms with E-state index in [1.807, 2.05) is 31.4 Å². The predicted octanol–water partition coefficient (Wildman–Crippen LogP) is 2.80. The summed E-state index contributed by atoms with van der Waals surface area (Å²) in [5.41, 5.74) is 2.12. The summed E-state index contributed by atoms with van der Waals surface area (Å²) in [6.07, 6.45) is 7.63. The van der Waals surface area contributed by atoms with Crippen molar-refractivity contribution in [1.82, 2.24) is 19.6 Å². The van der Waals surface area contributed by atoms with Gasteiger partial charge in [0.1, 0.15) is 5.65 Å². The zero-order valence-electron chi connectivity index (χ0n) is 13.9. The molecule has 0 bridgehead atoms. The van der Waals surface area contributed by atoms with Crippen molar-refractivity contribution in [3.8, 4) is 0 Å². The third-order valence-corrected chi connectivity index (χ3v) is 4.25. The Morgan fingerprint density at radius 1 is 1.43 bits per heavy atom. The van der Waals surface area contributed by atoms with Crippen LogP contribution in [0.5, 0.6) is 0 Å². The number of pyridine rings is 1. The van der Waals surface area contributed by atoms with Crippen molar-refractivity contribution in [2.75, 3.05) is 26.7 Å². The first-order valence-corrected chi connectivity index (χ1v) is 8.14. The molecule has 6 heteroatoms. The van der Waals surface area contributed by atoms with Gasteiger partial charge >= 0.3 is 0 Å². The SMILES string of the molecule is CN=C(NCCc1cn2ccccc2n1)N1CCCC(C)C1.I. The number of rotatable bonds is 3. The molecule has 3 rings (SSSR count). The van der Waals surface area contributed by atoms with Crippen LogP contribution >= 0.6 is 24.0 Å². The van der Waals surface area contributed by atoms with Gasteiger partial charge < -0.3 is 14.6 Å². The molecule has 1 unspecified atom stereocenters. The van der Waals surface area contributed by atoms with E-state index in [1.165, 1.54) is 12.8 Å². The Kier molecular flexibility index (Phi) is 6.68. The van der Waals surface area contributed by atoms with Crippen LogP contribution in [0.15, 0.2) is 35.6 Å². The summed E-state index contributed by atoms with van der Waals surface area (Å²) >= 11 is 0. The van der Waals surface area contributed by atoms with Gasteiger partial charge in [0.25, 0.3) is 0 Å². The van der Waals surface area contributed by atoms with Gasteiger partial charge in [-0.2, -0.15) is 0 Å². The monoisotopic (exact) mass is 427 g/mol. The van der Waals surface area contributed by atoms with Crippen LogP contribution in [-0.2, 0) is 6.42 Å². The average Bonchev–Trinajstić information content (AvgIpc) is 2.94. The van der Waals surface area contributed by atoms with Crippen molar-refractivity contribution in [1.29, 1.82) is 0 Å². The van der Waals surface area contributed by atoms with Crippen molar-refractivity contribution in [2.24, 2.45) is 10.9 Å². The molecule has 0 saturated carbocycles. The molecule has 0 aromatic carbocycles. The minimum atomic E-state index is 0. The zero-order chi connectivity index (χ0) is 15.4. The molecule has 2 aromatic rings. The lowest BCUT2D eigenvalue weighted by Crippen LogP contribution is -2.46. The van der Waals surface area contributed by atoms with Gasteiger partial charge in [0.05, 0.1) is 5.69 Å². The number of aromatic nitrogens is 2. The standard InChI is InChI=1S/C17H25N5.HI/c1-14-6-5-11-22(12-14)17(18-2)19-9-8-15-13-21-10-4-3-7-16(21)20-15;/h3-4,7,10,13-14H,5-6,8-9,11-12H2,1-2H3,(H,18,19);1H. The van der Waals surface area contributed by atoms with Gasteiger partial charge in [-0.05, 0) is 30.9 Å². The smallest absolute Gasteiger partial charge is 0.193 e. The van der Waals surface area contributed by atoms with E-state index >= 15 is 0 Å². The Labute approximate surface area is 155 Å². The molecule has 0 aliphatic carbocycles. The lowest BCUT2D eigenvalue weighted by Gasteiger charge is -2.33. The van der Waals surface area contributed by atoms with Gasteiger partial charge in [0.15, 0.2) is 5.96 Å². The number of nitrogens with zero attached hydrogens (tertiary/aromatic N) is 4. The quantitative estimate of drug-likeness (QED) is 0.466. The summed E-state index contributed by atoms with van der Waals surface area (Å²) in [6.45, 7) is 5.39. The Morgan fingerprint density at radius 2 is 2.30 bits per heavy atom. The summed E-state index contributed by atoms with van der Waals surface area (Å²) in [6, 6.07) is 6.07. The Hall–Kier alpha value is -1.31. The van der Waals surface area contributed by atoms with Crippen molar-refractivity contribution < 1.29 is 0 Å². The number of imidazole rings is 1. The number of likely N-dealkylation sites (tertiary alicyclic amines) is 1. The van der Waals surface area contributed by atoms with Crippen LogP contribution in [0.3, 0.4) is 0 Å². The van der Waals surface area contributed by atoms with E-state index < -0.39 is 0 Å². The molecule has 1 fully saturated rings. The largest absolute Gasteiger partial charge is 0.356 e. The van der Waals surface area contributed by atoms with Crippen LogP contribution in [0.25, 0.3) is 5.65 Å². The number of aliphatic imine (C=N–C) groups is 1. The average molecular weight is 427 g/mol. The van der Waals surface area contributed by atoms with E-state index in [-0.39, 0.29) is 24.0 Å². The molecule has 0 spiro atoms. The maximum absolute atomic E-state index is 4.63. The van der Waals surface area contributed by atoms with Gasteiger partial charge in [-0.15, -0.1) is 24.0 Å². The number of hydrogen-bond acceptors (Lipinski definition) is 2. The first-order chi connectivity index (χ1) is 10.8. The first-order valence-electron chi connectivity index (χ1n) is 8.14. The van der Waals surface area contributed by atoms with Crippen molar-refractivity contribution in [3.05, 3.63) is 36.3 Å². The number of fused-ring (bicyclic) bond motifs is 1. The predicted molar refractivity (Wildman–Crippen MR) is 106 cm³/mol. The van der Waals surface area contributed by atoms with Gasteiger partial charge in [0.2, 0.25) is 0 Å². The highest BCUT2D eigenvalue weighted by atomic mass is 127. The van der Waals surface area contributed by atoms with Crippen LogP contribution in [-0.4, -0.2) is 46.9 Å². The maximum Gasteiger partial charge on any atom is 0.193 e. The summed E-state index contributed by atoms with van der Waals surface area (Å²) in [5, 5.41) is 3.48. The lowest BCUT2D eigenvalue weighted by atomic mass is 10.0. The van der Waals surface area contributed by atoms with E-state index in [4.69, 9.17) is 0 Å². The molecule has 126 valence electrons. The number of guanidine groups is 1. The van der Waals surface area contributed by atoms with Crippen LogP contribution in [0.2, 0.25) is 0 Å². The molecular weight excluding hydrogens is 401 g/mol. The summed E-state index contributed by atoms with van der Waals surface area (Å²) in [4.78, 5) is 11.4. The second kappa shape index (κ2) is 8.52. The molecule has 1 aliphatic heterocycles. The third-order valence-electron chi connectivity index (χ3n) is 4.25. The van der Waals surface area contributed by atoms with Crippen molar-refractivity contribution in [3.63, 3.8) is 0 Å². The molecule has 0 amide bonds. The van der Waals surface area contributed by atoms with Crippen LogP contribution in [0.4, 0.5) is 0 Å². The van der Waals surface area contributed by atoms with Gasteiger partial charge in [-0.1, -0.05) is 13.0 Å². The highest BCUT2D eigenvalue weighted by molar-refractivity contribution is 14.0. The summed E-state index contributed by atoms with van der Waals surface area (Å²) in [5.74, 6) is 1.78. The second-order valence-corrected chi connectivity index (χ2v) is 6.12. The van der Waals surface area contributed by atoms with Crippen LogP contribution in [0.1, 0.15) is 25.5 Å². The highest BCUT2D eigenvalue weighted by Gasteiger charge is 2.18. The third kappa shape index (κ3) is 4.59. The second-order valence-electron chi connectivity index (χ2n) is 6.12. The fraction of sp³-hybridized carbons (Fsp3) is 0.529. The fourth-order valence-corrected chi connectivity index (χ4v) is 3.12. The van der Waals surface area contributed by atoms with E-state index in [0.717, 1.165) is 49.3 Å². The molecule has 23 heavy (non-hydrogen) atoms. The number of hydrogen-bond donors (Lipinski definition) is 1. The highest BCUT2D eigenvalue weighted by Crippen LogP contribution is 2.15. The summed E-state index contributed by atoms with van der Waals surface area (Å²) in [7, 11) is 1.87. The minimum Gasteiger partial charge on any atom is -0.356 e. The molecule has 1 aliphatic rings. The number of nitrogens with one attached hydrogen (secondary N) is 1. The molecule has 2 aromatic heterocycles. The number of halogens is 1. The summed E-state index contributed by atoms with van der Waals surface area (Å²) < 4.78 is 2.07. The molecule has 1 saturated heterocycles. The molecular formula is C17H26IN5. The maximum atomic E-state index is 4.63. The fourth-order valence-electron chi connectivity index (χ4n) is 3.12. The van der Waals surface area contributed by atoms with Gasteiger partial charge in [-0.25, -0.2) is 4.98 Å². The van der Waals surface area contributed by atoms with E-state index in [1.54, 1.807) is 0 Å². The molecule has 1 N–H and O–H groups in total. The lowest BCUT2D eigenvalue weighted by molar-refractivity contribution is 0.266. The van der Waals surface area contributed by atoms with E-state index in [0.29, 0.717) is 0 Å². The van der Waals surface area contributed by atoms with Gasteiger partial charge in [0, 0.05) is 45.5 Å². The van der Waals surface area contributed by atoms with Crippen molar-refractivity contribution in [2.45, 2.75) is 26.2 Å². The van der Waals surface area contributed by atoms with E-state index in [2.05, 4.69) is 37.7 Å². The van der Waals surface area contributed by atoms with Gasteiger partial charge in [-0.3, -0.25) is 4.99 Å². The molecule has 3 heterocycles. The Balaban J connectivity index is 0.00000192. The van der Waals surface area contributed by atoms with Crippen molar-refractivity contribution >= 4 is 35.6 Å². The first kappa shape index (κ1) is 18.0. The van der Waals surface area contributed by atoms with Crippen LogP contribution in [0, 0.1) is 5.92 Å². The molecule has 0 radical (unpaired) electrons. The zero-order valence-corrected chi connectivity index (χ0v) is 16.2. The Morgan fingerprint density at radius 3 is 3.04 bits per heavy atom. The molecule has 5 nitrogen and oxygen atoms in total. The normalized spacial score (nSPS) is 18.8. The minimum absolute atomic E-state index is 0.